The molecule has 1 heterocycles. The highest BCUT2D eigenvalue weighted by Crippen LogP contribution is 2.07. The first-order chi connectivity index (χ1) is 6.34. The van der Waals surface area contributed by atoms with Gasteiger partial charge in [-0.15, -0.1) is 0 Å². The van der Waals surface area contributed by atoms with Crippen molar-refractivity contribution >= 4 is 0 Å². The maximum absolute atomic E-state index is 12.4. The fourth-order valence-corrected chi connectivity index (χ4v) is 1.14. The van der Waals surface area contributed by atoms with E-state index >= 15 is 0 Å². The van der Waals surface area contributed by atoms with E-state index < -0.39 is 5.95 Å². The summed E-state index contributed by atoms with van der Waals surface area (Å²) in [5.41, 5.74) is 1.06. The van der Waals surface area contributed by atoms with Crippen LogP contribution in [0, 0.1) is 5.95 Å². The van der Waals surface area contributed by atoms with Crippen LogP contribution in [0.15, 0.2) is 41.0 Å². The van der Waals surface area contributed by atoms with Gasteiger partial charge >= 0.3 is 0 Å². The van der Waals surface area contributed by atoms with E-state index in [9.17, 15) is 4.39 Å². The van der Waals surface area contributed by atoms with Crippen molar-refractivity contribution in [2.45, 2.75) is 6.42 Å². The number of benzene rings is 1. The molecule has 0 atom stereocenters. The topological polar surface area (TPSA) is 26.0 Å². The number of hydrogen-bond donors (Lipinski definition) is 0. The van der Waals surface area contributed by atoms with Gasteiger partial charge < -0.3 is 4.42 Å². The van der Waals surface area contributed by atoms with Gasteiger partial charge in [-0.05, 0) is 5.56 Å². The molecule has 0 fully saturated rings. The average Bonchev–Trinajstić information content (AvgIpc) is 2.53. The number of hydrogen-bond acceptors (Lipinski definition) is 2. The molecule has 66 valence electrons. The summed E-state index contributed by atoms with van der Waals surface area (Å²) in [6.07, 6.45) is 1.54. The van der Waals surface area contributed by atoms with Crippen molar-refractivity contribution in [3.63, 3.8) is 0 Å². The SMILES string of the molecule is Fc1coc(Cc2ccccc2)n1. The van der Waals surface area contributed by atoms with Gasteiger partial charge in [0.2, 0.25) is 5.89 Å². The molecule has 0 radical (unpaired) electrons. The van der Waals surface area contributed by atoms with E-state index in [0.717, 1.165) is 11.8 Å². The molecular weight excluding hydrogens is 169 g/mol. The Morgan fingerprint density at radius 2 is 2.00 bits per heavy atom. The van der Waals surface area contributed by atoms with E-state index in [2.05, 4.69) is 4.98 Å². The van der Waals surface area contributed by atoms with Crippen LogP contribution in [0.3, 0.4) is 0 Å². The molecule has 0 unspecified atom stereocenters. The van der Waals surface area contributed by atoms with Gasteiger partial charge in [0.1, 0.15) is 6.26 Å². The lowest BCUT2D eigenvalue weighted by Crippen LogP contribution is -1.87. The van der Waals surface area contributed by atoms with E-state index in [1.54, 1.807) is 0 Å². The van der Waals surface area contributed by atoms with Gasteiger partial charge in [-0.3, -0.25) is 0 Å². The smallest absolute Gasteiger partial charge is 0.251 e. The largest absolute Gasteiger partial charge is 0.445 e. The van der Waals surface area contributed by atoms with E-state index in [-0.39, 0.29) is 0 Å². The molecule has 0 saturated carbocycles. The minimum absolute atomic E-state index is 0.406. The van der Waals surface area contributed by atoms with E-state index in [0.29, 0.717) is 12.3 Å². The second-order valence-corrected chi connectivity index (χ2v) is 2.73. The Labute approximate surface area is 75.0 Å². The third kappa shape index (κ3) is 1.93. The van der Waals surface area contributed by atoms with Crippen molar-refractivity contribution < 1.29 is 8.81 Å². The molecule has 3 heteroatoms. The van der Waals surface area contributed by atoms with Gasteiger partial charge in [0, 0.05) is 6.42 Å². The summed E-state index contributed by atoms with van der Waals surface area (Å²) in [4.78, 5) is 3.57. The van der Waals surface area contributed by atoms with Gasteiger partial charge in [-0.1, -0.05) is 30.3 Å². The Hall–Kier alpha value is -1.64. The van der Waals surface area contributed by atoms with Gasteiger partial charge in [0.25, 0.3) is 5.95 Å². The Balaban J connectivity index is 2.15. The van der Waals surface area contributed by atoms with Gasteiger partial charge in [0.05, 0.1) is 0 Å². The summed E-state index contributed by atoms with van der Waals surface area (Å²) in [5.74, 6) is -0.158. The van der Waals surface area contributed by atoms with Crippen LogP contribution >= 0.6 is 0 Å². The number of aromatic nitrogens is 1. The van der Waals surface area contributed by atoms with E-state index in [1.807, 2.05) is 30.3 Å². The minimum Gasteiger partial charge on any atom is -0.445 e. The lowest BCUT2D eigenvalue weighted by Gasteiger charge is -1.94. The van der Waals surface area contributed by atoms with Crippen molar-refractivity contribution in [2.75, 3.05) is 0 Å². The number of nitrogens with zero attached hydrogens (tertiary/aromatic N) is 1. The molecule has 0 aliphatic carbocycles. The molecule has 0 N–H and O–H groups in total. The minimum atomic E-state index is -0.564. The van der Waals surface area contributed by atoms with Crippen molar-refractivity contribution in [3.05, 3.63) is 54.0 Å². The zero-order chi connectivity index (χ0) is 9.10. The number of oxazole rings is 1. The Morgan fingerprint density at radius 1 is 1.23 bits per heavy atom. The first-order valence-electron chi connectivity index (χ1n) is 3.98. The van der Waals surface area contributed by atoms with Crippen molar-refractivity contribution in [2.24, 2.45) is 0 Å². The molecular formula is C10H8FNO. The van der Waals surface area contributed by atoms with Crippen LogP contribution in [0.25, 0.3) is 0 Å². The van der Waals surface area contributed by atoms with Crippen LogP contribution in [-0.2, 0) is 6.42 Å². The lowest BCUT2D eigenvalue weighted by molar-refractivity contribution is 0.499. The summed E-state index contributed by atoms with van der Waals surface area (Å²) in [6, 6.07) is 9.67. The normalized spacial score (nSPS) is 10.2. The van der Waals surface area contributed by atoms with Crippen LogP contribution < -0.4 is 0 Å². The van der Waals surface area contributed by atoms with Crippen molar-refractivity contribution in [1.82, 2.24) is 4.98 Å². The monoisotopic (exact) mass is 177 g/mol. The molecule has 0 saturated heterocycles. The van der Waals surface area contributed by atoms with E-state index in [1.165, 1.54) is 0 Å². The zero-order valence-corrected chi connectivity index (χ0v) is 6.90. The first-order valence-corrected chi connectivity index (χ1v) is 3.98. The Morgan fingerprint density at radius 3 is 2.62 bits per heavy atom. The third-order valence-corrected chi connectivity index (χ3v) is 1.72. The molecule has 0 spiro atoms. The van der Waals surface area contributed by atoms with E-state index in [4.69, 9.17) is 4.42 Å². The van der Waals surface area contributed by atoms with Crippen LogP contribution in [0.1, 0.15) is 11.5 Å². The maximum atomic E-state index is 12.4. The highest BCUT2D eigenvalue weighted by atomic mass is 19.1. The second kappa shape index (κ2) is 3.39. The summed E-state index contributed by atoms with van der Waals surface area (Å²) < 4.78 is 17.3. The molecule has 1 aromatic carbocycles. The summed E-state index contributed by atoms with van der Waals surface area (Å²) in [7, 11) is 0. The van der Waals surface area contributed by atoms with Crippen LogP contribution in [0.5, 0.6) is 0 Å². The fourth-order valence-electron chi connectivity index (χ4n) is 1.14. The molecule has 2 rings (SSSR count). The van der Waals surface area contributed by atoms with Crippen LogP contribution in [0.4, 0.5) is 4.39 Å². The maximum Gasteiger partial charge on any atom is 0.251 e. The molecule has 13 heavy (non-hydrogen) atoms. The predicted molar refractivity (Wildman–Crippen MR) is 45.7 cm³/mol. The average molecular weight is 177 g/mol. The highest BCUT2D eigenvalue weighted by molar-refractivity contribution is 5.17. The van der Waals surface area contributed by atoms with Gasteiger partial charge in [-0.2, -0.15) is 9.37 Å². The fraction of sp³-hybridized carbons (Fsp3) is 0.100. The quantitative estimate of drug-likeness (QED) is 0.704. The molecule has 0 amide bonds. The van der Waals surface area contributed by atoms with Gasteiger partial charge in [0.15, 0.2) is 0 Å². The third-order valence-electron chi connectivity index (χ3n) is 1.72. The number of halogens is 1. The molecule has 0 bridgehead atoms. The molecule has 2 nitrogen and oxygen atoms in total. The van der Waals surface area contributed by atoms with Crippen molar-refractivity contribution in [1.29, 1.82) is 0 Å². The summed E-state index contributed by atoms with van der Waals surface area (Å²) in [5, 5.41) is 0. The molecule has 0 aliphatic heterocycles. The van der Waals surface area contributed by atoms with Crippen LogP contribution in [-0.4, -0.2) is 4.98 Å². The first kappa shape index (κ1) is 7.98. The molecule has 2 aromatic rings. The second-order valence-electron chi connectivity index (χ2n) is 2.73. The van der Waals surface area contributed by atoms with Crippen molar-refractivity contribution in [3.8, 4) is 0 Å². The highest BCUT2D eigenvalue weighted by Gasteiger charge is 2.02. The lowest BCUT2D eigenvalue weighted by atomic mass is 10.2. The summed E-state index contributed by atoms with van der Waals surface area (Å²) in [6.45, 7) is 0. The molecule has 1 aromatic heterocycles. The Bertz CT molecular complexity index is 383. The standard InChI is InChI=1S/C10H8FNO/c11-9-7-13-10(12-9)6-8-4-2-1-3-5-8/h1-5,7H,6H2. The molecule has 0 aliphatic rings. The van der Waals surface area contributed by atoms with Gasteiger partial charge in [-0.25, -0.2) is 0 Å². The zero-order valence-electron chi connectivity index (χ0n) is 6.90. The Kier molecular flexibility index (Phi) is 2.08. The predicted octanol–water partition coefficient (Wildman–Crippen LogP) is 2.40. The van der Waals surface area contributed by atoms with Crippen LogP contribution in [0.2, 0.25) is 0 Å². The summed E-state index contributed by atoms with van der Waals surface area (Å²) >= 11 is 0. The number of rotatable bonds is 2.